The summed E-state index contributed by atoms with van der Waals surface area (Å²) in [6.07, 6.45) is 1.05. The van der Waals surface area contributed by atoms with E-state index in [0.29, 0.717) is 5.92 Å². The Hall–Kier alpha value is -0.410. The second-order valence-electron chi connectivity index (χ2n) is 3.56. The molecule has 0 aliphatic carbocycles. The van der Waals surface area contributed by atoms with E-state index in [1.807, 2.05) is 18.4 Å². The Bertz CT molecular complexity index is 266. The Morgan fingerprint density at radius 3 is 2.62 bits per heavy atom. The molecule has 0 saturated heterocycles. The van der Waals surface area contributed by atoms with Crippen LogP contribution in [-0.4, -0.2) is 18.6 Å². The average molecular weight is 198 g/mol. The number of thiazole rings is 1. The summed E-state index contributed by atoms with van der Waals surface area (Å²) in [7, 11) is 1.98. The topological polar surface area (TPSA) is 24.9 Å². The van der Waals surface area contributed by atoms with Crippen LogP contribution < -0.4 is 5.32 Å². The maximum Gasteiger partial charge on any atom is 0.0956 e. The minimum absolute atomic E-state index is 0.562. The molecule has 1 aromatic heterocycles. The van der Waals surface area contributed by atoms with Gasteiger partial charge in [0.1, 0.15) is 0 Å². The molecule has 1 N–H and O–H groups in total. The van der Waals surface area contributed by atoms with Crippen molar-refractivity contribution < 1.29 is 0 Å². The molecule has 0 aliphatic heterocycles. The number of aromatic nitrogens is 1. The molecule has 0 saturated carbocycles. The van der Waals surface area contributed by atoms with E-state index in [-0.39, 0.29) is 0 Å². The lowest BCUT2D eigenvalue weighted by Gasteiger charge is -1.97. The molecule has 1 heterocycles. The first kappa shape index (κ1) is 10.7. The molecule has 2 nitrogen and oxygen atoms in total. The largest absolute Gasteiger partial charge is 0.319 e. The summed E-state index contributed by atoms with van der Waals surface area (Å²) in [5, 5.41) is 4.41. The van der Waals surface area contributed by atoms with Crippen molar-refractivity contribution in [2.24, 2.45) is 0 Å². The molecule has 0 fully saturated rings. The van der Waals surface area contributed by atoms with Crippen LogP contribution in [0.25, 0.3) is 0 Å². The van der Waals surface area contributed by atoms with Gasteiger partial charge in [-0.15, -0.1) is 11.3 Å². The first-order valence-electron chi connectivity index (χ1n) is 4.76. The van der Waals surface area contributed by atoms with Crippen LogP contribution in [0.3, 0.4) is 0 Å². The van der Waals surface area contributed by atoms with Gasteiger partial charge in [-0.3, -0.25) is 0 Å². The van der Waals surface area contributed by atoms with E-state index in [4.69, 9.17) is 0 Å². The fourth-order valence-electron chi connectivity index (χ4n) is 1.17. The lowest BCUT2D eigenvalue weighted by Crippen LogP contribution is -2.11. The number of rotatable bonds is 4. The van der Waals surface area contributed by atoms with Crippen molar-refractivity contribution in [2.75, 3.05) is 13.6 Å². The highest BCUT2D eigenvalue weighted by molar-refractivity contribution is 7.11. The van der Waals surface area contributed by atoms with Crippen LogP contribution in [0.15, 0.2) is 0 Å². The predicted octanol–water partition coefficient (Wildman–Crippen LogP) is 2.34. The summed E-state index contributed by atoms with van der Waals surface area (Å²) in [5.74, 6) is 0.562. The van der Waals surface area contributed by atoms with Crippen molar-refractivity contribution in [3.8, 4) is 0 Å². The van der Waals surface area contributed by atoms with Gasteiger partial charge in [-0.05, 0) is 14.0 Å². The van der Waals surface area contributed by atoms with Crippen molar-refractivity contribution in [3.63, 3.8) is 0 Å². The number of nitrogens with zero attached hydrogens (tertiary/aromatic N) is 1. The lowest BCUT2D eigenvalue weighted by atomic mass is 10.2. The molecular weight excluding hydrogens is 180 g/mol. The van der Waals surface area contributed by atoms with Crippen LogP contribution in [-0.2, 0) is 6.42 Å². The quantitative estimate of drug-likeness (QED) is 0.803. The molecule has 0 unspecified atom stereocenters. The number of hydrogen-bond acceptors (Lipinski definition) is 3. The van der Waals surface area contributed by atoms with Crippen LogP contribution in [0.1, 0.15) is 35.3 Å². The van der Waals surface area contributed by atoms with Gasteiger partial charge < -0.3 is 5.32 Å². The highest BCUT2D eigenvalue weighted by atomic mass is 32.1. The van der Waals surface area contributed by atoms with Gasteiger partial charge in [-0.1, -0.05) is 13.8 Å². The SMILES string of the molecule is CNCCc1nc(C(C)C)sc1C. The van der Waals surface area contributed by atoms with E-state index in [2.05, 4.69) is 31.1 Å². The molecule has 0 amide bonds. The minimum atomic E-state index is 0.562. The molecule has 13 heavy (non-hydrogen) atoms. The summed E-state index contributed by atoms with van der Waals surface area (Å²) < 4.78 is 0. The lowest BCUT2D eigenvalue weighted by molar-refractivity contribution is 0.766. The second kappa shape index (κ2) is 4.72. The fourth-order valence-corrected chi connectivity index (χ4v) is 2.14. The highest BCUT2D eigenvalue weighted by Crippen LogP contribution is 2.24. The first-order valence-corrected chi connectivity index (χ1v) is 5.57. The molecule has 1 aromatic rings. The van der Waals surface area contributed by atoms with Gasteiger partial charge in [0.15, 0.2) is 0 Å². The Balaban J connectivity index is 2.71. The maximum atomic E-state index is 4.63. The van der Waals surface area contributed by atoms with Crippen molar-refractivity contribution >= 4 is 11.3 Å². The zero-order valence-corrected chi connectivity index (χ0v) is 9.66. The normalized spacial score (nSPS) is 11.2. The smallest absolute Gasteiger partial charge is 0.0956 e. The number of nitrogens with one attached hydrogen (secondary N) is 1. The van der Waals surface area contributed by atoms with Crippen molar-refractivity contribution in [1.82, 2.24) is 10.3 Å². The van der Waals surface area contributed by atoms with Gasteiger partial charge in [-0.25, -0.2) is 4.98 Å². The van der Waals surface area contributed by atoms with E-state index in [0.717, 1.165) is 13.0 Å². The van der Waals surface area contributed by atoms with Crippen LogP contribution in [0.2, 0.25) is 0 Å². The van der Waals surface area contributed by atoms with Gasteiger partial charge >= 0.3 is 0 Å². The maximum absolute atomic E-state index is 4.63. The van der Waals surface area contributed by atoms with Crippen molar-refractivity contribution in [2.45, 2.75) is 33.1 Å². The highest BCUT2D eigenvalue weighted by Gasteiger charge is 2.09. The van der Waals surface area contributed by atoms with Crippen LogP contribution in [0, 0.1) is 6.92 Å². The summed E-state index contributed by atoms with van der Waals surface area (Å²) in [5.41, 5.74) is 1.27. The predicted molar refractivity (Wildman–Crippen MR) is 58.6 cm³/mol. The molecule has 3 heteroatoms. The van der Waals surface area contributed by atoms with Crippen molar-refractivity contribution in [3.05, 3.63) is 15.6 Å². The first-order chi connectivity index (χ1) is 6.15. The molecule has 74 valence electrons. The van der Waals surface area contributed by atoms with E-state index < -0.39 is 0 Å². The van der Waals surface area contributed by atoms with E-state index >= 15 is 0 Å². The van der Waals surface area contributed by atoms with E-state index in [1.165, 1.54) is 15.6 Å². The van der Waals surface area contributed by atoms with Gasteiger partial charge in [0.2, 0.25) is 0 Å². The molecular formula is C10H18N2S. The summed E-state index contributed by atoms with van der Waals surface area (Å²) in [6.45, 7) is 7.57. The van der Waals surface area contributed by atoms with Gasteiger partial charge in [0.05, 0.1) is 10.7 Å². The van der Waals surface area contributed by atoms with Gasteiger partial charge in [0, 0.05) is 23.8 Å². The summed E-state index contributed by atoms with van der Waals surface area (Å²) >= 11 is 1.83. The monoisotopic (exact) mass is 198 g/mol. The molecule has 0 atom stereocenters. The summed E-state index contributed by atoms with van der Waals surface area (Å²) in [6, 6.07) is 0. The molecule has 0 radical (unpaired) electrons. The van der Waals surface area contributed by atoms with Crippen molar-refractivity contribution in [1.29, 1.82) is 0 Å². The van der Waals surface area contributed by atoms with Crippen LogP contribution >= 0.6 is 11.3 Å². The third-order valence-electron chi connectivity index (χ3n) is 2.01. The van der Waals surface area contributed by atoms with E-state index in [1.54, 1.807) is 0 Å². The minimum Gasteiger partial charge on any atom is -0.319 e. The zero-order valence-electron chi connectivity index (χ0n) is 8.85. The third-order valence-corrected chi connectivity index (χ3v) is 3.33. The molecule has 0 aliphatic rings. The molecule has 0 aromatic carbocycles. The standard InChI is InChI=1S/C10H18N2S/c1-7(2)10-12-9(5-6-11-4)8(3)13-10/h7,11H,5-6H2,1-4H3. The Labute approximate surface area is 84.4 Å². The average Bonchev–Trinajstić information content (AvgIpc) is 2.44. The Kier molecular flexibility index (Phi) is 3.88. The summed E-state index contributed by atoms with van der Waals surface area (Å²) in [4.78, 5) is 6.00. The van der Waals surface area contributed by atoms with Gasteiger partial charge in [0.25, 0.3) is 0 Å². The number of hydrogen-bond donors (Lipinski definition) is 1. The van der Waals surface area contributed by atoms with E-state index in [9.17, 15) is 0 Å². The number of aryl methyl sites for hydroxylation is 1. The molecule has 1 rings (SSSR count). The fraction of sp³-hybridized carbons (Fsp3) is 0.700. The molecule has 0 spiro atoms. The van der Waals surface area contributed by atoms with Crippen LogP contribution in [0.4, 0.5) is 0 Å². The Morgan fingerprint density at radius 1 is 1.46 bits per heavy atom. The third kappa shape index (κ3) is 2.78. The Morgan fingerprint density at radius 2 is 2.15 bits per heavy atom. The van der Waals surface area contributed by atoms with Gasteiger partial charge in [-0.2, -0.15) is 0 Å². The zero-order chi connectivity index (χ0) is 9.84. The number of likely N-dealkylation sites (N-methyl/N-ethyl adjacent to an activating group) is 1. The van der Waals surface area contributed by atoms with Crippen LogP contribution in [0.5, 0.6) is 0 Å². The molecule has 0 bridgehead atoms. The second-order valence-corrected chi connectivity index (χ2v) is 4.80.